The second-order valence-electron chi connectivity index (χ2n) is 4.08. The van der Waals surface area contributed by atoms with Crippen LogP contribution < -0.4 is 0 Å². The molecule has 1 rings (SSSR count). The van der Waals surface area contributed by atoms with E-state index in [1.165, 1.54) is 32.5 Å². The van der Waals surface area contributed by atoms with Gasteiger partial charge in [0.2, 0.25) is 0 Å². The van der Waals surface area contributed by atoms with Gasteiger partial charge in [-0.3, -0.25) is 0 Å². The molecule has 0 N–H and O–H groups in total. The number of hydrogen-bond donors (Lipinski definition) is 1. The molecule has 0 aliphatic heterocycles. The van der Waals surface area contributed by atoms with Crippen molar-refractivity contribution in [1.29, 1.82) is 0 Å². The van der Waals surface area contributed by atoms with Crippen molar-refractivity contribution in [3.8, 4) is 0 Å². The molecule has 1 saturated carbocycles. The number of nitrogens with zero attached hydrogens (tertiary/aromatic N) is 1. The lowest BCUT2D eigenvalue weighted by Crippen LogP contribution is -2.30. The summed E-state index contributed by atoms with van der Waals surface area (Å²) in [5.74, 6) is 2.78. The Morgan fingerprint density at radius 3 is 2.58 bits per heavy atom. The zero-order valence-electron chi connectivity index (χ0n) is 8.29. The molecule has 0 amide bonds. The second kappa shape index (κ2) is 5.13. The van der Waals surface area contributed by atoms with Gasteiger partial charge in [0, 0.05) is 13.1 Å². The van der Waals surface area contributed by atoms with Gasteiger partial charge in [-0.05, 0) is 37.0 Å². The van der Waals surface area contributed by atoms with Gasteiger partial charge in [-0.1, -0.05) is 13.8 Å². The predicted molar refractivity (Wildman–Crippen MR) is 57.9 cm³/mol. The first-order valence-electron chi connectivity index (χ1n) is 5.09. The summed E-state index contributed by atoms with van der Waals surface area (Å²) in [6, 6.07) is 0. The highest BCUT2D eigenvalue weighted by molar-refractivity contribution is 7.80. The largest absolute Gasteiger partial charge is 0.303 e. The van der Waals surface area contributed by atoms with E-state index in [9.17, 15) is 0 Å². The minimum Gasteiger partial charge on any atom is -0.303 e. The normalized spacial score (nSPS) is 20.0. The first-order valence-corrected chi connectivity index (χ1v) is 5.72. The highest BCUT2D eigenvalue weighted by Crippen LogP contribution is 2.29. The van der Waals surface area contributed by atoms with E-state index in [4.69, 9.17) is 0 Å². The monoisotopic (exact) mass is 187 g/mol. The maximum absolute atomic E-state index is 4.31. The van der Waals surface area contributed by atoms with Crippen LogP contribution in [-0.4, -0.2) is 30.3 Å². The molecule has 0 saturated heterocycles. The Hall–Kier alpha value is 0.310. The van der Waals surface area contributed by atoms with Gasteiger partial charge in [0.05, 0.1) is 0 Å². The fraction of sp³-hybridized carbons (Fsp3) is 1.00. The van der Waals surface area contributed by atoms with Gasteiger partial charge in [0.25, 0.3) is 0 Å². The summed E-state index contributed by atoms with van der Waals surface area (Å²) in [7, 11) is 0. The third kappa shape index (κ3) is 3.81. The van der Waals surface area contributed by atoms with Crippen molar-refractivity contribution in [2.45, 2.75) is 26.7 Å². The Bertz CT molecular complexity index is 123. The number of rotatable bonds is 6. The van der Waals surface area contributed by atoms with Crippen molar-refractivity contribution in [2.24, 2.45) is 11.8 Å². The summed E-state index contributed by atoms with van der Waals surface area (Å²) in [5.41, 5.74) is 0. The number of hydrogen-bond acceptors (Lipinski definition) is 2. The summed E-state index contributed by atoms with van der Waals surface area (Å²) in [6.45, 7) is 8.30. The third-order valence-electron chi connectivity index (χ3n) is 2.54. The highest BCUT2D eigenvalue weighted by Gasteiger charge is 2.23. The molecule has 0 spiro atoms. The fourth-order valence-electron chi connectivity index (χ4n) is 1.50. The zero-order valence-corrected chi connectivity index (χ0v) is 9.19. The molecule has 1 fully saturated rings. The van der Waals surface area contributed by atoms with Crippen molar-refractivity contribution in [2.75, 3.05) is 25.4 Å². The van der Waals surface area contributed by atoms with Crippen LogP contribution >= 0.6 is 12.6 Å². The first-order chi connectivity index (χ1) is 5.76. The molecule has 1 atom stereocenters. The molecule has 72 valence electrons. The van der Waals surface area contributed by atoms with Crippen molar-refractivity contribution in [3.63, 3.8) is 0 Å². The Kier molecular flexibility index (Phi) is 4.44. The molecule has 0 heterocycles. The average molecular weight is 187 g/mol. The summed E-state index contributed by atoms with van der Waals surface area (Å²) < 4.78 is 0. The molecule has 1 nitrogen and oxygen atoms in total. The average Bonchev–Trinajstić information content (AvgIpc) is 2.86. The molecular weight excluding hydrogens is 166 g/mol. The van der Waals surface area contributed by atoms with Crippen molar-refractivity contribution >= 4 is 12.6 Å². The van der Waals surface area contributed by atoms with Gasteiger partial charge >= 0.3 is 0 Å². The molecule has 1 aliphatic carbocycles. The van der Waals surface area contributed by atoms with E-state index in [2.05, 4.69) is 31.4 Å². The minimum atomic E-state index is 0.743. The van der Waals surface area contributed by atoms with Crippen molar-refractivity contribution in [3.05, 3.63) is 0 Å². The van der Waals surface area contributed by atoms with E-state index in [0.29, 0.717) is 0 Å². The molecule has 0 radical (unpaired) electrons. The van der Waals surface area contributed by atoms with Crippen molar-refractivity contribution in [1.82, 2.24) is 4.90 Å². The summed E-state index contributed by atoms with van der Waals surface area (Å²) in [6.07, 6.45) is 2.93. The quantitative estimate of drug-likeness (QED) is 0.624. The van der Waals surface area contributed by atoms with Crippen LogP contribution in [0.4, 0.5) is 0 Å². The summed E-state index contributed by atoms with van der Waals surface area (Å²) in [4.78, 5) is 2.57. The van der Waals surface area contributed by atoms with Crippen LogP contribution in [0.1, 0.15) is 26.7 Å². The second-order valence-corrected chi connectivity index (χ2v) is 4.45. The van der Waals surface area contributed by atoms with E-state index in [-0.39, 0.29) is 0 Å². The van der Waals surface area contributed by atoms with Crippen LogP contribution in [-0.2, 0) is 0 Å². The molecule has 2 heteroatoms. The lowest BCUT2D eigenvalue weighted by atomic mass is 10.2. The SMILES string of the molecule is CCN(CC(C)CS)CC1CC1. The molecule has 1 aliphatic rings. The van der Waals surface area contributed by atoms with Crippen LogP contribution in [0.15, 0.2) is 0 Å². The van der Waals surface area contributed by atoms with Gasteiger partial charge in [0.1, 0.15) is 0 Å². The molecule has 0 aromatic heterocycles. The van der Waals surface area contributed by atoms with Gasteiger partial charge < -0.3 is 4.90 Å². The summed E-state index contributed by atoms with van der Waals surface area (Å²) >= 11 is 4.31. The Morgan fingerprint density at radius 1 is 1.50 bits per heavy atom. The standard InChI is InChI=1S/C10H21NS/c1-3-11(6-9(2)8-12)7-10-4-5-10/h9-10,12H,3-8H2,1-2H3. The van der Waals surface area contributed by atoms with Crippen molar-refractivity contribution < 1.29 is 0 Å². The lowest BCUT2D eigenvalue weighted by molar-refractivity contribution is 0.248. The van der Waals surface area contributed by atoms with Gasteiger partial charge in [-0.15, -0.1) is 0 Å². The fourth-order valence-corrected chi connectivity index (χ4v) is 1.61. The highest BCUT2D eigenvalue weighted by atomic mass is 32.1. The minimum absolute atomic E-state index is 0.743. The van der Waals surface area contributed by atoms with Gasteiger partial charge in [-0.25, -0.2) is 0 Å². The molecule has 0 bridgehead atoms. The van der Waals surface area contributed by atoms with Crippen LogP contribution in [0.2, 0.25) is 0 Å². The van der Waals surface area contributed by atoms with Gasteiger partial charge in [0.15, 0.2) is 0 Å². The smallest absolute Gasteiger partial charge is 0.00148 e. The van der Waals surface area contributed by atoms with E-state index in [1.807, 2.05) is 0 Å². The Morgan fingerprint density at radius 2 is 2.17 bits per heavy atom. The Balaban J connectivity index is 2.14. The summed E-state index contributed by atoms with van der Waals surface area (Å²) in [5, 5.41) is 0. The predicted octanol–water partition coefficient (Wildman–Crippen LogP) is 2.28. The topological polar surface area (TPSA) is 3.24 Å². The molecule has 1 unspecified atom stereocenters. The van der Waals surface area contributed by atoms with Crippen LogP contribution in [0.3, 0.4) is 0 Å². The van der Waals surface area contributed by atoms with E-state index in [1.54, 1.807) is 0 Å². The lowest BCUT2D eigenvalue weighted by Gasteiger charge is -2.23. The third-order valence-corrected chi connectivity index (χ3v) is 3.17. The van der Waals surface area contributed by atoms with Crippen LogP contribution in [0.5, 0.6) is 0 Å². The maximum Gasteiger partial charge on any atom is 0.00148 e. The first kappa shape index (κ1) is 10.4. The van der Waals surface area contributed by atoms with E-state index >= 15 is 0 Å². The van der Waals surface area contributed by atoms with E-state index in [0.717, 1.165) is 17.6 Å². The molecule has 12 heavy (non-hydrogen) atoms. The maximum atomic E-state index is 4.31. The zero-order chi connectivity index (χ0) is 8.97. The molecular formula is C10H21NS. The number of thiol groups is 1. The molecule has 0 aromatic carbocycles. The van der Waals surface area contributed by atoms with Crippen LogP contribution in [0.25, 0.3) is 0 Å². The van der Waals surface area contributed by atoms with E-state index < -0.39 is 0 Å². The Labute approximate surface area is 81.9 Å². The van der Waals surface area contributed by atoms with Gasteiger partial charge in [-0.2, -0.15) is 12.6 Å². The van der Waals surface area contributed by atoms with Crippen LogP contribution in [0, 0.1) is 11.8 Å². The molecule has 0 aromatic rings.